The Bertz CT molecular complexity index is 812. The first-order chi connectivity index (χ1) is 12.4. The third kappa shape index (κ3) is 3.85. The van der Waals surface area contributed by atoms with Gasteiger partial charge in [-0.1, -0.05) is 24.3 Å². The minimum Gasteiger partial charge on any atom is -0.381 e. The number of benzene rings is 1. The average Bonchev–Trinajstić information content (AvgIpc) is 3.35. The number of rotatable bonds is 6. The predicted octanol–water partition coefficient (Wildman–Crippen LogP) is 2.84. The highest BCUT2D eigenvalue weighted by Gasteiger charge is 2.19. The second-order valence-corrected chi connectivity index (χ2v) is 6.21. The van der Waals surface area contributed by atoms with E-state index in [1.54, 1.807) is 12.5 Å². The molecule has 0 spiro atoms. The quantitative estimate of drug-likeness (QED) is 0.750. The van der Waals surface area contributed by atoms with Crippen LogP contribution in [0.3, 0.4) is 0 Å². The van der Waals surface area contributed by atoms with Crippen LogP contribution in [0, 0.1) is 0 Å². The molecule has 1 aliphatic rings. The molecule has 0 amide bonds. The Kier molecular flexibility index (Phi) is 4.70. The van der Waals surface area contributed by atoms with E-state index in [1.807, 2.05) is 23.0 Å². The molecule has 1 saturated heterocycles. The van der Waals surface area contributed by atoms with Gasteiger partial charge in [0.2, 0.25) is 0 Å². The van der Waals surface area contributed by atoms with Crippen LogP contribution in [-0.4, -0.2) is 33.0 Å². The van der Waals surface area contributed by atoms with Gasteiger partial charge >= 0.3 is 0 Å². The van der Waals surface area contributed by atoms with E-state index in [0.29, 0.717) is 5.92 Å². The van der Waals surface area contributed by atoms with E-state index in [-0.39, 0.29) is 0 Å². The summed E-state index contributed by atoms with van der Waals surface area (Å²) in [5.41, 5.74) is 3.54. The van der Waals surface area contributed by atoms with Crippen molar-refractivity contribution in [3.63, 3.8) is 0 Å². The highest BCUT2D eigenvalue weighted by molar-refractivity contribution is 5.38. The van der Waals surface area contributed by atoms with Gasteiger partial charge in [-0.25, -0.2) is 9.97 Å². The summed E-state index contributed by atoms with van der Waals surface area (Å²) < 4.78 is 7.39. The Morgan fingerprint density at radius 2 is 2.08 bits per heavy atom. The molecule has 6 heteroatoms. The minimum absolute atomic E-state index is 0.385. The molecule has 25 heavy (non-hydrogen) atoms. The molecule has 3 heterocycles. The van der Waals surface area contributed by atoms with Crippen LogP contribution >= 0.6 is 0 Å². The molecule has 1 atom stereocenters. The molecule has 4 rings (SSSR count). The SMILES string of the molecule is c1ccc(Cn2cccn2)c(CNc2cc([C@H]3CCOC3)ncn2)c1. The van der Waals surface area contributed by atoms with Crippen LogP contribution in [0.5, 0.6) is 0 Å². The van der Waals surface area contributed by atoms with Crippen molar-refractivity contribution >= 4 is 5.82 Å². The first-order valence-electron chi connectivity index (χ1n) is 8.56. The van der Waals surface area contributed by atoms with E-state index >= 15 is 0 Å². The summed E-state index contributed by atoms with van der Waals surface area (Å²) in [5, 5.41) is 7.71. The number of hydrogen-bond donors (Lipinski definition) is 1. The van der Waals surface area contributed by atoms with Gasteiger partial charge in [0, 0.05) is 37.5 Å². The summed E-state index contributed by atoms with van der Waals surface area (Å²) >= 11 is 0. The van der Waals surface area contributed by atoms with Gasteiger partial charge < -0.3 is 10.1 Å². The fourth-order valence-corrected chi connectivity index (χ4v) is 3.10. The number of anilines is 1. The molecule has 0 unspecified atom stereocenters. The molecule has 2 aromatic heterocycles. The highest BCUT2D eigenvalue weighted by Crippen LogP contribution is 2.24. The van der Waals surface area contributed by atoms with Crippen LogP contribution in [0.15, 0.2) is 55.1 Å². The lowest BCUT2D eigenvalue weighted by Crippen LogP contribution is -2.09. The second-order valence-electron chi connectivity index (χ2n) is 6.21. The summed E-state index contributed by atoms with van der Waals surface area (Å²) in [6.45, 7) is 3.05. The molecule has 1 fully saturated rings. The fourth-order valence-electron chi connectivity index (χ4n) is 3.10. The van der Waals surface area contributed by atoms with Crippen molar-refractivity contribution in [2.24, 2.45) is 0 Å². The smallest absolute Gasteiger partial charge is 0.129 e. The van der Waals surface area contributed by atoms with Crippen LogP contribution in [0.1, 0.15) is 29.2 Å². The van der Waals surface area contributed by atoms with Crippen molar-refractivity contribution < 1.29 is 4.74 Å². The monoisotopic (exact) mass is 335 g/mol. The van der Waals surface area contributed by atoms with E-state index in [4.69, 9.17) is 4.74 Å². The van der Waals surface area contributed by atoms with Gasteiger partial charge in [-0.05, 0) is 23.6 Å². The Balaban J connectivity index is 1.45. The number of nitrogens with one attached hydrogen (secondary N) is 1. The summed E-state index contributed by atoms with van der Waals surface area (Å²) in [7, 11) is 0. The Hall–Kier alpha value is -2.73. The van der Waals surface area contributed by atoms with E-state index in [9.17, 15) is 0 Å². The molecule has 0 aliphatic carbocycles. The van der Waals surface area contributed by atoms with Crippen LogP contribution in [0.4, 0.5) is 5.82 Å². The van der Waals surface area contributed by atoms with Crippen LogP contribution in [0.2, 0.25) is 0 Å². The Morgan fingerprint density at radius 3 is 2.88 bits per heavy atom. The lowest BCUT2D eigenvalue weighted by atomic mass is 10.0. The maximum absolute atomic E-state index is 5.46. The predicted molar refractivity (Wildman–Crippen MR) is 95.3 cm³/mol. The summed E-state index contributed by atoms with van der Waals surface area (Å²) in [4.78, 5) is 8.75. The van der Waals surface area contributed by atoms with Gasteiger partial charge in [-0.2, -0.15) is 5.10 Å². The zero-order valence-corrected chi connectivity index (χ0v) is 14.0. The van der Waals surface area contributed by atoms with Gasteiger partial charge in [0.1, 0.15) is 12.1 Å². The molecule has 128 valence electrons. The molecule has 0 bridgehead atoms. The van der Waals surface area contributed by atoms with Crippen molar-refractivity contribution in [2.45, 2.75) is 25.4 Å². The number of nitrogens with zero attached hydrogens (tertiary/aromatic N) is 4. The molecule has 0 radical (unpaired) electrons. The average molecular weight is 335 g/mol. The third-order valence-electron chi connectivity index (χ3n) is 4.51. The number of aromatic nitrogens is 4. The van der Waals surface area contributed by atoms with Gasteiger partial charge in [-0.3, -0.25) is 4.68 Å². The Morgan fingerprint density at radius 1 is 1.16 bits per heavy atom. The van der Waals surface area contributed by atoms with Crippen molar-refractivity contribution in [1.82, 2.24) is 19.7 Å². The van der Waals surface area contributed by atoms with Crippen molar-refractivity contribution in [3.05, 3.63) is 71.9 Å². The first kappa shape index (κ1) is 15.8. The minimum atomic E-state index is 0.385. The topological polar surface area (TPSA) is 64.9 Å². The highest BCUT2D eigenvalue weighted by atomic mass is 16.5. The molecular weight excluding hydrogens is 314 g/mol. The Labute approximate surface area is 146 Å². The van der Waals surface area contributed by atoms with E-state index in [0.717, 1.165) is 44.2 Å². The molecule has 1 aliphatic heterocycles. The lowest BCUT2D eigenvalue weighted by Gasteiger charge is -2.12. The molecule has 1 N–H and O–H groups in total. The first-order valence-corrected chi connectivity index (χ1v) is 8.56. The zero-order valence-electron chi connectivity index (χ0n) is 14.0. The van der Waals surface area contributed by atoms with Crippen LogP contribution in [0.25, 0.3) is 0 Å². The maximum Gasteiger partial charge on any atom is 0.129 e. The number of ether oxygens (including phenoxy) is 1. The van der Waals surface area contributed by atoms with E-state index < -0.39 is 0 Å². The van der Waals surface area contributed by atoms with Crippen molar-refractivity contribution in [2.75, 3.05) is 18.5 Å². The molecule has 3 aromatic rings. The lowest BCUT2D eigenvalue weighted by molar-refractivity contribution is 0.193. The summed E-state index contributed by atoms with van der Waals surface area (Å²) in [6.07, 6.45) is 6.44. The normalized spacial score (nSPS) is 16.9. The number of hydrogen-bond acceptors (Lipinski definition) is 5. The fraction of sp³-hybridized carbons (Fsp3) is 0.316. The summed E-state index contributed by atoms with van der Waals surface area (Å²) in [6, 6.07) is 12.4. The van der Waals surface area contributed by atoms with Crippen molar-refractivity contribution in [3.8, 4) is 0 Å². The van der Waals surface area contributed by atoms with E-state index in [1.165, 1.54) is 11.1 Å². The maximum atomic E-state index is 5.46. The second kappa shape index (κ2) is 7.44. The third-order valence-corrected chi connectivity index (χ3v) is 4.51. The molecule has 6 nitrogen and oxygen atoms in total. The van der Waals surface area contributed by atoms with Gasteiger partial charge in [0.25, 0.3) is 0 Å². The summed E-state index contributed by atoms with van der Waals surface area (Å²) in [5.74, 6) is 1.24. The molecular formula is C19H21N5O. The van der Waals surface area contributed by atoms with Gasteiger partial charge in [0.15, 0.2) is 0 Å². The standard InChI is InChI=1S/C19H21N5O/c1-2-5-16(12-24-8-3-7-23-24)15(4-1)11-20-19-10-18(21-14-22-19)17-6-9-25-13-17/h1-5,7-8,10,14,17H,6,9,11-13H2,(H,20,21,22)/t17-/m0/s1. The van der Waals surface area contributed by atoms with Gasteiger partial charge in [-0.15, -0.1) is 0 Å². The largest absolute Gasteiger partial charge is 0.381 e. The van der Waals surface area contributed by atoms with Crippen LogP contribution in [-0.2, 0) is 17.8 Å². The van der Waals surface area contributed by atoms with E-state index in [2.05, 4.69) is 44.6 Å². The van der Waals surface area contributed by atoms with Crippen molar-refractivity contribution in [1.29, 1.82) is 0 Å². The molecule has 0 saturated carbocycles. The molecule has 1 aromatic carbocycles. The van der Waals surface area contributed by atoms with Crippen LogP contribution < -0.4 is 5.32 Å². The zero-order chi connectivity index (χ0) is 16.9. The van der Waals surface area contributed by atoms with Gasteiger partial charge in [0.05, 0.1) is 18.8 Å².